The van der Waals surface area contributed by atoms with E-state index < -0.39 is 5.54 Å². The fourth-order valence-electron chi connectivity index (χ4n) is 0.702. The van der Waals surface area contributed by atoms with Crippen molar-refractivity contribution in [1.29, 1.82) is 5.26 Å². The van der Waals surface area contributed by atoms with Crippen LogP contribution >= 0.6 is 0 Å². The third-order valence-corrected chi connectivity index (χ3v) is 1.13. The number of nitriles is 1. The summed E-state index contributed by atoms with van der Waals surface area (Å²) in [6.07, 6.45) is 1.74. The second kappa shape index (κ2) is 1.66. The first-order valence-electron chi connectivity index (χ1n) is 2.70. The zero-order valence-corrected chi connectivity index (χ0v) is 5.42. The Bertz CT molecular complexity index is 221. The quantitative estimate of drug-likeness (QED) is 0.480. The van der Waals surface area contributed by atoms with Gasteiger partial charge in [-0.15, -0.1) is 0 Å². The van der Waals surface area contributed by atoms with E-state index in [0.717, 1.165) is 5.70 Å². The zero-order valence-electron chi connectivity index (χ0n) is 5.42. The summed E-state index contributed by atoms with van der Waals surface area (Å²) in [7, 11) is 0. The minimum absolute atomic E-state index is 0.690. The highest BCUT2D eigenvalue weighted by atomic mass is 15.2. The maximum Gasteiger partial charge on any atom is 0.185 e. The molecule has 0 bridgehead atoms. The van der Waals surface area contributed by atoms with Crippen LogP contribution in [-0.4, -0.2) is 5.54 Å². The summed E-state index contributed by atoms with van der Waals surface area (Å²) >= 11 is 0. The monoisotopic (exact) mass is 121 g/mol. The summed E-state index contributed by atoms with van der Waals surface area (Å²) in [5.41, 5.74) is 0.128. The topological polar surface area (TPSA) is 48.5 Å². The van der Waals surface area contributed by atoms with Gasteiger partial charge in [0.25, 0.3) is 0 Å². The molecule has 0 spiro atoms. The van der Waals surface area contributed by atoms with Gasteiger partial charge in [0.1, 0.15) is 0 Å². The van der Waals surface area contributed by atoms with Gasteiger partial charge in [0.2, 0.25) is 0 Å². The van der Waals surface area contributed by atoms with Crippen molar-refractivity contribution >= 4 is 0 Å². The molecule has 1 unspecified atom stereocenters. The third kappa shape index (κ3) is 0.968. The second-order valence-corrected chi connectivity index (χ2v) is 2.25. The van der Waals surface area contributed by atoms with Crippen LogP contribution in [0.5, 0.6) is 0 Å². The van der Waals surface area contributed by atoms with Gasteiger partial charge in [-0.1, -0.05) is 0 Å². The van der Waals surface area contributed by atoms with E-state index in [9.17, 15) is 0 Å². The highest BCUT2D eigenvalue weighted by molar-refractivity contribution is 5.24. The summed E-state index contributed by atoms with van der Waals surface area (Å²) in [6.45, 7) is 3.55. The maximum absolute atomic E-state index is 8.49. The van der Waals surface area contributed by atoms with Crippen LogP contribution in [0.15, 0.2) is 22.0 Å². The molecular weight excluding hydrogens is 114 g/mol. The van der Waals surface area contributed by atoms with E-state index in [0.29, 0.717) is 0 Å². The van der Waals surface area contributed by atoms with Crippen LogP contribution < -0.4 is 0 Å². The molecule has 1 heterocycles. The molecule has 9 heavy (non-hydrogen) atoms. The van der Waals surface area contributed by atoms with Crippen LogP contribution in [0, 0.1) is 11.3 Å². The van der Waals surface area contributed by atoms with Crippen LogP contribution in [0.2, 0.25) is 0 Å². The smallest absolute Gasteiger partial charge is 0.185 e. The van der Waals surface area contributed by atoms with E-state index >= 15 is 0 Å². The van der Waals surface area contributed by atoms with Crippen LogP contribution in [0.4, 0.5) is 0 Å². The van der Waals surface area contributed by atoms with Crippen molar-refractivity contribution in [2.75, 3.05) is 0 Å². The van der Waals surface area contributed by atoms with Gasteiger partial charge < -0.3 is 0 Å². The van der Waals surface area contributed by atoms with Gasteiger partial charge in [0.05, 0.1) is 11.8 Å². The number of allylic oxidation sites excluding steroid dienone is 1. The van der Waals surface area contributed by atoms with E-state index in [1.165, 1.54) is 0 Å². The summed E-state index contributed by atoms with van der Waals surface area (Å²) in [4.78, 5) is 0. The fraction of sp³-hybridized carbons (Fsp3) is 0.500. The first-order chi connectivity index (χ1) is 4.16. The summed E-state index contributed by atoms with van der Waals surface area (Å²) in [5, 5.41) is 16.0. The molecule has 1 aliphatic rings. The lowest BCUT2D eigenvalue weighted by Gasteiger charge is -2.00. The predicted molar refractivity (Wildman–Crippen MR) is 32.6 cm³/mol. The Morgan fingerprint density at radius 3 is 2.67 bits per heavy atom. The molecule has 0 amide bonds. The number of azo groups is 1. The van der Waals surface area contributed by atoms with Gasteiger partial charge in [0, 0.05) is 0 Å². The molecular formula is C6H7N3. The van der Waals surface area contributed by atoms with E-state index in [1.807, 2.05) is 13.0 Å². The van der Waals surface area contributed by atoms with Gasteiger partial charge in [-0.05, 0) is 19.9 Å². The number of hydrogen-bond donors (Lipinski definition) is 0. The molecule has 46 valence electrons. The molecule has 0 aliphatic carbocycles. The number of nitrogens with zero attached hydrogens (tertiary/aromatic N) is 3. The Hall–Kier alpha value is -1.17. The zero-order chi connectivity index (χ0) is 6.91. The molecule has 0 aromatic heterocycles. The van der Waals surface area contributed by atoms with E-state index in [1.54, 1.807) is 13.0 Å². The van der Waals surface area contributed by atoms with Gasteiger partial charge in [0.15, 0.2) is 5.54 Å². The summed E-state index contributed by atoms with van der Waals surface area (Å²) in [5.74, 6) is 0. The third-order valence-electron chi connectivity index (χ3n) is 1.13. The fourth-order valence-corrected chi connectivity index (χ4v) is 0.702. The van der Waals surface area contributed by atoms with Crippen molar-refractivity contribution in [2.24, 2.45) is 10.2 Å². The van der Waals surface area contributed by atoms with Crippen LogP contribution in [-0.2, 0) is 0 Å². The van der Waals surface area contributed by atoms with Crippen LogP contribution in [0.3, 0.4) is 0 Å². The Kier molecular flexibility index (Phi) is 1.10. The lowest BCUT2D eigenvalue weighted by atomic mass is 10.1. The SMILES string of the molecule is CC1=CC(C)(C#N)N=N1. The Morgan fingerprint density at radius 2 is 2.44 bits per heavy atom. The van der Waals surface area contributed by atoms with Crippen molar-refractivity contribution in [1.82, 2.24) is 0 Å². The lowest BCUT2D eigenvalue weighted by Crippen LogP contribution is -2.11. The molecule has 0 saturated carbocycles. The first kappa shape index (κ1) is 5.96. The molecule has 0 fully saturated rings. The molecule has 1 aliphatic heterocycles. The first-order valence-corrected chi connectivity index (χ1v) is 2.70. The van der Waals surface area contributed by atoms with Crippen LogP contribution in [0.1, 0.15) is 13.8 Å². The van der Waals surface area contributed by atoms with Crippen LogP contribution in [0.25, 0.3) is 0 Å². The standard InChI is InChI=1S/C6H7N3/c1-5-3-6(2,4-7)9-8-5/h3H,1-2H3. The van der Waals surface area contributed by atoms with Crippen molar-refractivity contribution < 1.29 is 0 Å². The highest BCUT2D eigenvalue weighted by Gasteiger charge is 2.23. The predicted octanol–water partition coefficient (Wildman–Crippen LogP) is 1.64. The Morgan fingerprint density at radius 1 is 1.78 bits per heavy atom. The Labute approximate surface area is 53.7 Å². The molecule has 0 N–H and O–H groups in total. The van der Waals surface area contributed by atoms with E-state index in [2.05, 4.69) is 10.2 Å². The van der Waals surface area contributed by atoms with Gasteiger partial charge in [-0.2, -0.15) is 15.5 Å². The average Bonchev–Trinajstić information content (AvgIpc) is 2.13. The highest BCUT2D eigenvalue weighted by Crippen LogP contribution is 2.21. The van der Waals surface area contributed by atoms with Gasteiger partial charge >= 0.3 is 0 Å². The van der Waals surface area contributed by atoms with E-state index in [4.69, 9.17) is 5.26 Å². The summed E-state index contributed by atoms with van der Waals surface area (Å²) in [6, 6.07) is 2.03. The maximum atomic E-state index is 8.49. The molecule has 1 atom stereocenters. The minimum atomic E-state index is -0.690. The van der Waals surface area contributed by atoms with Crippen molar-refractivity contribution in [3.63, 3.8) is 0 Å². The van der Waals surface area contributed by atoms with Crippen molar-refractivity contribution in [2.45, 2.75) is 19.4 Å². The molecule has 3 heteroatoms. The van der Waals surface area contributed by atoms with Crippen molar-refractivity contribution in [3.8, 4) is 6.07 Å². The normalized spacial score (nSPS) is 31.9. The molecule has 1 rings (SSSR count). The molecule has 0 radical (unpaired) electrons. The average molecular weight is 121 g/mol. The molecule has 0 aromatic carbocycles. The minimum Gasteiger partial charge on any atom is -0.195 e. The largest absolute Gasteiger partial charge is 0.195 e. The Balaban J connectivity index is 2.94. The van der Waals surface area contributed by atoms with Crippen molar-refractivity contribution in [3.05, 3.63) is 11.8 Å². The molecule has 3 nitrogen and oxygen atoms in total. The molecule has 0 saturated heterocycles. The second-order valence-electron chi connectivity index (χ2n) is 2.25. The number of hydrogen-bond acceptors (Lipinski definition) is 3. The van der Waals surface area contributed by atoms with Gasteiger partial charge in [-0.25, -0.2) is 0 Å². The lowest BCUT2D eigenvalue weighted by molar-refractivity contribution is 0.735. The molecule has 0 aromatic rings. The summed E-state index contributed by atoms with van der Waals surface area (Å²) < 4.78 is 0. The number of rotatable bonds is 0. The van der Waals surface area contributed by atoms with E-state index in [-0.39, 0.29) is 0 Å². The van der Waals surface area contributed by atoms with Gasteiger partial charge in [-0.3, -0.25) is 0 Å².